The molecule has 0 spiro atoms. The summed E-state index contributed by atoms with van der Waals surface area (Å²) >= 11 is 0. The number of amides is 2. The molecule has 1 aliphatic rings. The number of hydrogen-bond donors (Lipinski definition) is 2. The molecule has 0 radical (unpaired) electrons. The lowest BCUT2D eigenvalue weighted by atomic mass is 9.96. The highest BCUT2D eigenvalue weighted by atomic mass is 16.5. The van der Waals surface area contributed by atoms with Crippen LogP contribution in [0, 0.1) is 13.8 Å². The summed E-state index contributed by atoms with van der Waals surface area (Å²) in [5, 5.41) is 9.92. The van der Waals surface area contributed by atoms with Gasteiger partial charge in [0.15, 0.2) is 0 Å². The van der Waals surface area contributed by atoms with E-state index in [1.807, 2.05) is 20.8 Å². The van der Waals surface area contributed by atoms with Crippen molar-refractivity contribution in [2.75, 3.05) is 0 Å². The fourth-order valence-electron chi connectivity index (χ4n) is 2.85. The topological polar surface area (TPSA) is 67.2 Å². The summed E-state index contributed by atoms with van der Waals surface area (Å²) in [5.74, 6) is 0.767. The van der Waals surface area contributed by atoms with Gasteiger partial charge < -0.3 is 15.2 Å². The van der Waals surface area contributed by atoms with Gasteiger partial charge >= 0.3 is 6.03 Å². The van der Waals surface area contributed by atoms with Crippen LogP contribution < -0.4 is 10.6 Å². The quantitative estimate of drug-likeness (QED) is 0.882. The van der Waals surface area contributed by atoms with Gasteiger partial charge in [-0.1, -0.05) is 24.4 Å². The standard InChI is InChI=1S/C14H23N3O2/c1-9(13-10(2)17-19-11(13)3)15-14(18)16-12-7-5-4-6-8-12/h9,12H,4-8H2,1-3H3,(H2,15,16,18). The fourth-order valence-corrected chi connectivity index (χ4v) is 2.85. The second kappa shape index (κ2) is 6.08. The third-order valence-electron chi connectivity index (χ3n) is 3.81. The Balaban J connectivity index is 1.88. The lowest BCUT2D eigenvalue weighted by Gasteiger charge is -2.24. The highest BCUT2D eigenvalue weighted by Gasteiger charge is 2.20. The van der Waals surface area contributed by atoms with E-state index in [1.165, 1.54) is 19.3 Å². The monoisotopic (exact) mass is 265 g/mol. The number of nitrogens with zero attached hydrogens (tertiary/aromatic N) is 1. The maximum atomic E-state index is 12.0. The first-order valence-corrected chi connectivity index (χ1v) is 7.07. The van der Waals surface area contributed by atoms with E-state index in [-0.39, 0.29) is 12.1 Å². The van der Waals surface area contributed by atoms with Crippen LogP contribution in [0.5, 0.6) is 0 Å². The van der Waals surface area contributed by atoms with Gasteiger partial charge in [0.2, 0.25) is 0 Å². The molecule has 1 aromatic heterocycles. The van der Waals surface area contributed by atoms with Gasteiger partial charge in [-0.25, -0.2) is 4.79 Å². The summed E-state index contributed by atoms with van der Waals surface area (Å²) in [7, 11) is 0. The van der Waals surface area contributed by atoms with Gasteiger partial charge in [0.25, 0.3) is 0 Å². The van der Waals surface area contributed by atoms with Crippen LogP contribution in [0.2, 0.25) is 0 Å². The van der Waals surface area contributed by atoms with Gasteiger partial charge in [0.1, 0.15) is 5.76 Å². The molecular formula is C14H23N3O2. The normalized spacial score (nSPS) is 18.1. The zero-order valence-corrected chi connectivity index (χ0v) is 12.0. The number of carbonyl (C=O) groups is 1. The molecule has 1 unspecified atom stereocenters. The Labute approximate surface area is 114 Å². The van der Waals surface area contributed by atoms with Gasteiger partial charge in [0, 0.05) is 11.6 Å². The van der Waals surface area contributed by atoms with E-state index in [4.69, 9.17) is 4.52 Å². The molecular weight excluding hydrogens is 242 g/mol. The van der Waals surface area contributed by atoms with Crippen LogP contribution >= 0.6 is 0 Å². The third-order valence-corrected chi connectivity index (χ3v) is 3.81. The summed E-state index contributed by atoms with van der Waals surface area (Å²) in [5.41, 5.74) is 1.81. The smallest absolute Gasteiger partial charge is 0.315 e. The van der Waals surface area contributed by atoms with Crippen molar-refractivity contribution in [1.82, 2.24) is 15.8 Å². The molecule has 0 aromatic carbocycles. The summed E-state index contributed by atoms with van der Waals surface area (Å²) in [6.45, 7) is 5.71. The van der Waals surface area contributed by atoms with E-state index < -0.39 is 0 Å². The second-order valence-electron chi connectivity index (χ2n) is 5.41. The van der Waals surface area contributed by atoms with Crippen molar-refractivity contribution in [3.63, 3.8) is 0 Å². The third kappa shape index (κ3) is 3.49. The minimum Gasteiger partial charge on any atom is -0.361 e. The van der Waals surface area contributed by atoms with Crippen LogP contribution in [-0.2, 0) is 0 Å². The number of hydrogen-bond acceptors (Lipinski definition) is 3. The number of aryl methyl sites for hydroxylation is 2. The van der Waals surface area contributed by atoms with Crippen LogP contribution in [0.3, 0.4) is 0 Å². The number of aromatic nitrogens is 1. The molecule has 1 saturated carbocycles. The van der Waals surface area contributed by atoms with Crippen molar-refractivity contribution in [2.24, 2.45) is 0 Å². The summed E-state index contributed by atoms with van der Waals surface area (Å²) < 4.78 is 5.13. The minimum absolute atomic E-state index is 0.0881. The molecule has 5 nitrogen and oxygen atoms in total. The van der Waals surface area contributed by atoms with Crippen LogP contribution in [0.1, 0.15) is 62.1 Å². The Morgan fingerprint density at radius 1 is 1.32 bits per heavy atom. The second-order valence-corrected chi connectivity index (χ2v) is 5.41. The predicted octanol–water partition coefficient (Wildman–Crippen LogP) is 2.98. The van der Waals surface area contributed by atoms with Gasteiger partial charge in [-0.2, -0.15) is 0 Å². The van der Waals surface area contributed by atoms with Gasteiger partial charge in [-0.05, 0) is 33.6 Å². The maximum Gasteiger partial charge on any atom is 0.315 e. The predicted molar refractivity (Wildman–Crippen MR) is 72.9 cm³/mol. The van der Waals surface area contributed by atoms with Crippen molar-refractivity contribution in [1.29, 1.82) is 0 Å². The molecule has 1 atom stereocenters. The average molecular weight is 265 g/mol. The lowest BCUT2D eigenvalue weighted by molar-refractivity contribution is 0.229. The Morgan fingerprint density at radius 2 is 2.00 bits per heavy atom. The van der Waals surface area contributed by atoms with Crippen molar-refractivity contribution in [3.8, 4) is 0 Å². The minimum atomic E-state index is -0.0978. The molecule has 0 aliphatic heterocycles. The SMILES string of the molecule is Cc1noc(C)c1C(C)NC(=O)NC1CCCCC1. The number of carbonyl (C=O) groups excluding carboxylic acids is 1. The van der Waals surface area contributed by atoms with E-state index >= 15 is 0 Å². The molecule has 0 bridgehead atoms. The maximum absolute atomic E-state index is 12.0. The van der Waals surface area contributed by atoms with Crippen molar-refractivity contribution in [2.45, 2.75) is 65.0 Å². The van der Waals surface area contributed by atoms with Gasteiger partial charge in [-0.3, -0.25) is 0 Å². The first-order chi connectivity index (χ1) is 9.08. The van der Waals surface area contributed by atoms with E-state index in [0.717, 1.165) is 29.9 Å². The van der Waals surface area contributed by atoms with Crippen LogP contribution in [0.4, 0.5) is 4.79 Å². The molecule has 0 saturated heterocycles. The van der Waals surface area contributed by atoms with Gasteiger partial charge in [-0.15, -0.1) is 0 Å². The molecule has 19 heavy (non-hydrogen) atoms. The molecule has 5 heteroatoms. The number of nitrogens with one attached hydrogen (secondary N) is 2. The van der Waals surface area contributed by atoms with E-state index in [2.05, 4.69) is 15.8 Å². The Hall–Kier alpha value is -1.52. The van der Waals surface area contributed by atoms with E-state index in [0.29, 0.717) is 6.04 Å². The fraction of sp³-hybridized carbons (Fsp3) is 0.714. The highest BCUT2D eigenvalue weighted by Crippen LogP contribution is 2.21. The molecule has 2 rings (SSSR count). The molecule has 1 aliphatic carbocycles. The molecule has 2 N–H and O–H groups in total. The van der Waals surface area contributed by atoms with E-state index in [9.17, 15) is 4.79 Å². The van der Waals surface area contributed by atoms with Crippen LogP contribution in [0.25, 0.3) is 0 Å². The first kappa shape index (κ1) is 13.9. The zero-order chi connectivity index (χ0) is 13.8. The number of rotatable bonds is 3. The van der Waals surface area contributed by atoms with E-state index in [1.54, 1.807) is 0 Å². The lowest BCUT2D eigenvalue weighted by Crippen LogP contribution is -2.43. The van der Waals surface area contributed by atoms with Crippen molar-refractivity contribution in [3.05, 3.63) is 17.0 Å². The first-order valence-electron chi connectivity index (χ1n) is 7.07. The summed E-state index contributed by atoms with van der Waals surface area (Å²) in [6, 6.07) is 0.139. The van der Waals surface area contributed by atoms with Gasteiger partial charge in [0.05, 0.1) is 11.7 Å². The largest absolute Gasteiger partial charge is 0.361 e. The Kier molecular flexibility index (Phi) is 4.45. The molecule has 106 valence electrons. The van der Waals surface area contributed by atoms with Crippen LogP contribution in [-0.4, -0.2) is 17.2 Å². The summed E-state index contributed by atoms with van der Waals surface area (Å²) in [6.07, 6.45) is 5.89. The Bertz CT molecular complexity index is 416. The zero-order valence-electron chi connectivity index (χ0n) is 12.0. The van der Waals surface area contributed by atoms with Crippen LogP contribution in [0.15, 0.2) is 4.52 Å². The van der Waals surface area contributed by atoms with Crippen molar-refractivity contribution < 1.29 is 9.32 Å². The number of urea groups is 1. The average Bonchev–Trinajstić information content (AvgIpc) is 2.70. The molecule has 2 amide bonds. The molecule has 1 aromatic rings. The Morgan fingerprint density at radius 3 is 2.58 bits per heavy atom. The highest BCUT2D eigenvalue weighted by molar-refractivity contribution is 5.74. The van der Waals surface area contributed by atoms with Crippen molar-refractivity contribution >= 4 is 6.03 Å². The molecule has 1 heterocycles. The molecule has 1 fully saturated rings. The summed E-state index contributed by atoms with van der Waals surface area (Å²) in [4.78, 5) is 12.0.